The van der Waals surface area contributed by atoms with Gasteiger partial charge in [-0.2, -0.15) is 8.78 Å². The van der Waals surface area contributed by atoms with Crippen molar-refractivity contribution in [3.05, 3.63) is 58.0 Å². The highest BCUT2D eigenvalue weighted by molar-refractivity contribution is 7.12. The van der Waals surface area contributed by atoms with Gasteiger partial charge in [0.15, 0.2) is 0 Å². The van der Waals surface area contributed by atoms with Gasteiger partial charge in [-0.15, -0.1) is 11.3 Å². The van der Waals surface area contributed by atoms with E-state index in [1.54, 1.807) is 11.6 Å². The Hall–Kier alpha value is -2.21. The molecule has 0 atom stereocenters. The van der Waals surface area contributed by atoms with E-state index in [-0.39, 0.29) is 5.56 Å². The summed E-state index contributed by atoms with van der Waals surface area (Å²) in [6, 6.07) is 8.95. The van der Waals surface area contributed by atoms with E-state index in [4.69, 9.17) is 0 Å². The van der Waals surface area contributed by atoms with Gasteiger partial charge in [-0.05, 0) is 37.4 Å². The number of halogens is 2. The van der Waals surface area contributed by atoms with E-state index in [0.717, 1.165) is 11.0 Å². The molecule has 3 aromatic rings. The van der Waals surface area contributed by atoms with E-state index in [1.165, 1.54) is 31.3 Å². The number of rotatable bonds is 1. The molecule has 0 amide bonds. The van der Waals surface area contributed by atoms with Crippen LogP contribution in [0.3, 0.4) is 0 Å². The summed E-state index contributed by atoms with van der Waals surface area (Å²) in [4.78, 5) is 13.7. The first kappa shape index (κ1) is 14.4. The number of aliphatic imine (C=N–C) groups is 1. The van der Waals surface area contributed by atoms with Gasteiger partial charge < -0.3 is 0 Å². The maximum Gasteiger partial charge on any atom is 0.298 e. The average Bonchev–Trinajstić information content (AvgIpc) is 3.01. The van der Waals surface area contributed by atoms with Gasteiger partial charge in [0.05, 0.1) is 22.1 Å². The van der Waals surface area contributed by atoms with Crippen LogP contribution in [0.15, 0.2) is 46.9 Å². The van der Waals surface area contributed by atoms with Gasteiger partial charge >= 0.3 is 0 Å². The van der Waals surface area contributed by atoms with E-state index in [0.29, 0.717) is 16.3 Å². The summed E-state index contributed by atoms with van der Waals surface area (Å²) in [6.45, 7) is 2.89. The number of aromatic nitrogens is 2. The zero-order valence-electron chi connectivity index (χ0n) is 12.5. The standard InChI is InChI=1S/C17H13F2N3S/c1-16(2)17(18,19)10-7-8-23-15(10)14(22-16)13-9-20-11-5-3-4-6-12(11)21-13/h3-9H,1-2H3. The van der Waals surface area contributed by atoms with E-state index in [1.807, 2.05) is 24.3 Å². The van der Waals surface area contributed by atoms with Crippen LogP contribution in [-0.2, 0) is 5.92 Å². The van der Waals surface area contributed by atoms with Gasteiger partial charge in [0.1, 0.15) is 16.9 Å². The second-order valence-corrected chi connectivity index (χ2v) is 6.92. The Kier molecular flexibility index (Phi) is 2.90. The smallest absolute Gasteiger partial charge is 0.269 e. The molecule has 0 N–H and O–H groups in total. The minimum Gasteiger partial charge on any atom is -0.269 e. The molecular weight excluding hydrogens is 316 g/mol. The van der Waals surface area contributed by atoms with Gasteiger partial charge in [-0.25, -0.2) is 4.98 Å². The first-order valence-electron chi connectivity index (χ1n) is 7.18. The fourth-order valence-corrected chi connectivity index (χ4v) is 3.64. The van der Waals surface area contributed by atoms with E-state index < -0.39 is 11.5 Å². The van der Waals surface area contributed by atoms with Crippen molar-refractivity contribution in [3.63, 3.8) is 0 Å². The first-order chi connectivity index (χ1) is 10.9. The molecule has 0 unspecified atom stereocenters. The lowest BCUT2D eigenvalue weighted by molar-refractivity contribution is -0.0677. The van der Waals surface area contributed by atoms with Crippen LogP contribution in [0.2, 0.25) is 0 Å². The lowest BCUT2D eigenvalue weighted by Crippen LogP contribution is -2.43. The highest BCUT2D eigenvalue weighted by atomic mass is 32.1. The van der Waals surface area contributed by atoms with Crippen LogP contribution in [0.4, 0.5) is 8.78 Å². The topological polar surface area (TPSA) is 38.1 Å². The monoisotopic (exact) mass is 329 g/mol. The molecule has 0 saturated carbocycles. The normalized spacial score (nSPS) is 18.5. The van der Waals surface area contributed by atoms with E-state index in [9.17, 15) is 8.78 Å². The molecule has 0 bridgehead atoms. The SMILES string of the molecule is CC1(C)N=C(c2cnc3ccccc3n2)c2sccc2C1(F)F. The van der Waals surface area contributed by atoms with Crippen LogP contribution in [0.25, 0.3) is 11.0 Å². The van der Waals surface area contributed by atoms with Gasteiger partial charge in [0.2, 0.25) is 0 Å². The van der Waals surface area contributed by atoms with Crippen molar-refractivity contribution in [3.8, 4) is 0 Å². The van der Waals surface area contributed by atoms with Crippen LogP contribution < -0.4 is 0 Å². The number of alkyl halides is 2. The summed E-state index contributed by atoms with van der Waals surface area (Å²) in [5.41, 5.74) is 1.00. The van der Waals surface area contributed by atoms with E-state index >= 15 is 0 Å². The van der Waals surface area contributed by atoms with Crippen molar-refractivity contribution < 1.29 is 8.78 Å². The quantitative estimate of drug-likeness (QED) is 0.663. The third kappa shape index (κ3) is 2.01. The van der Waals surface area contributed by atoms with Crippen LogP contribution >= 0.6 is 11.3 Å². The number of para-hydroxylation sites is 2. The van der Waals surface area contributed by atoms with Gasteiger partial charge in [0.25, 0.3) is 5.92 Å². The maximum atomic E-state index is 14.6. The number of nitrogens with zero attached hydrogens (tertiary/aromatic N) is 3. The fraction of sp³-hybridized carbons (Fsp3) is 0.235. The summed E-state index contributed by atoms with van der Waals surface area (Å²) in [7, 11) is 0. The van der Waals surface area contributed by atoms with Crippen molar-refractivity contribution >= 4 is 28.1 Å². The van der Waals surface area contributed by atoms with Crippen LogP contribution in [0.5, 0.6) is 0 Å². The Bertz CT molecular complexity index is 944. The first-order valence-corrected chi connectivity index (χ1v) is 8.06. The zero-order valence-corrected chi connectivity index (χ0v) is 13.4. The average molecular weight is 329 g/mol. The van der Waals surface area contributed by atoms with E-state index in [2.05, 4.69) is 15.0 Å². The Morgan fingerprint density at radius 3 is 2.57 bits per heavy atom. The molecular formula is C17H13F2N3S. The molecule has 1 aliphatic heterocycles. The summed E-state index contributed by atoms with van der Waals surface area (Å²) in [6.07, 6.45) is 1.60. The summed E-state index contributed by atoms with van der Waals surface area (Å²) in [5.74, 6) is -3.00. The summed E-state index contributed by atoms with van der Waals surface area (Å²) < 4.78 is 29.2. The third-order valence-corrected chi connectivity index (χ3v) is 4.99. The minimum atomic E-state index is -3.00. The zero-order chi connectivity index (χ0) is 16.2. The number of hydrogen-bond donors (Lipinski definition) is 0. The summed E-state index contributed by atoms with van der Waals surface area (Å²) >= 11 is 1.26. The second-order valence-electron chi connectivity index (χ2n) is 6.00. The number of benzene rings is 1. The molecule has 3 nitrogen and oxygen atoms in total. The van der Waals surface area contributed by atoms with Crippen molar-refractivity contribution in [2.45, 2.75) is 25.3 Å². The van der Waals surface area contributed by atoms with Crippen molar-refractivity contribution in [2.75, 3.05) is 0 Å². The molecule has 0 saturated heterocycles. The van der Waals surface area contributed by atoms with Gasteiger partial charge in [0, 0.05) is 5.56 Å². The molecule has 0 spiro atoms. The molecule has 116 valence electrons. The molecule has 1 aromatic carbocycles. The highest BCUT2D eigenvalue weighted by Gasteiger charge is 2.53. The van der Waals surface area contributed by atoms with Crippen LogP contribution in [-0.4, -0.2) is 21.2 Å². The third-order valence-electron chi connectivity index (χ3n) is 4.07. The molecule has 3 heterocycles. The van der Waals surface area contributed by atoms with Crippen LogP contribution in [0.1, 0.15) is 30.0 Å². The Morgan fingerprint density at radius 1 is 1.04 bits per heavy atom. The fourth-order valence-electron chi connectivity index (χ4n) is 2.71. The predicted molar refractivity (Wildman–Crippen MR) is 87.5 cm³/mol. The molecule has 0 aliphatic carbocycles. The Labute approximate surface area is 135 Å². The summed E-state index contributed by atoms with van der Waals surface area (Å²) in [5, 5.41) is 1.67. The van der Waals surface area contributed by atoms with Crippen molar-refractivity contribution in [2.24, 2.45) is 4.99 Å². The molecule has 23 heavy (non-hydrogen) atoms. The highest BCUT2D eigenvalue weighted by Crippen LogP contribution is 2.48. The molecule has 6 heteroatoms. The lowest BCUT2D eigenvalue weighted by Gasteiger charge is -2.35. The number of thiophene rings is 1. The molecule has 4 rings (SSSR count). The Morgan fingerprint density at radius 2 is 1.78 bits per heavy atom. The van der Waals surface area contributed by atoms with Gasteiger partial charge in [-0.3, -0.25) is 9.98 Å². The minimum absolute atomic E-state index is 0.0208. The molecule has 0 radical (unpaired) electrons. The second kappa shape index (κ2) is 4.64. The Balaban J connectivity index is 1.95. The lowest BCUT2D eigenvalue weighted by atomic mass is 9.86. The number of hydrogen-bond acceptors (Lipinski definition) is 4. The van der Waals surface area contributed by atoms with Crippen molar-refractivity contribution in [1.82, 2.24) is 9.97 Å². The molecule has 1 aliphatic rings. The van der Waals surface area contributed by atoms with Crippen molar-refractivity contribution in [1.29, 1.82) is 0 Å². The maximum absolute atomic E-state index is 14.6. The number of fused-ring (bicyclic) bond motifs is 2. The van der Waals surface area contributed by atoms with Crippen LogP contribution in [0, 0.1) is 0 Å². The largest absolute Gasteiger partial charge is 0.298 e. The molecule has 0 fully saturated rings. The predicted octanol–water partition coefficient (Wildman–Crippen LogP) is 4.41. The van der Waals surface area contributed by atoms with Gasteiger partial charge in [-0.1, -0.05) is 12.1 Å². The molecule has 2 aromatic heterocycles.